The molecule has 5 nitrogen and oxygen atoms in total. The Morgan fingerprint density at radius 2 is 1.70 bits per heavy atom. The molecule has 124 valence electrons. The molecule has 0 fully saturated rings. The molecule has 0 amide bonds. The second kappa shape index (κ2) is 7.59. The zero-order valence-corrected chi connectivity index (χ0v) is 14.2. The second-order valence-corrected chi connectivity index (χ2v) is 6.99. The van der Waals surface area contributed by atoms with Gasteiger partial charge in [-0.3, -0.25) is 4.90 Å². The highest BCUT2D eigenvalue weighted by Crippen LogP contribution is 2.20. The lowest BCUT2D eigenvalue weighted by Gasteiger charge is -2.25. The van der Waals surface area contributed by atoms with Gasteiger partial charge in [0.05, 0.1) is 4.90 Å². The molecule has 0 spiro atoms. The molecule has 0 saturated carbocycles. The summed E-state index contributed by atoms with van der Waals surface area (Å²) in [5.41, 5.74) is 1.03. The minimum absolute atomic E-state index is 0.128. The number of benzene rings is 2. The largest absolute Gasteiger partial charge is 0.492 e. The Bertz CT molecular complexity index is 715. The van der Waals surface area contributed by atoms with E-state index in [2.05, 4.69) is 11.8 Å². The van der Waals surface area contributed by atoms with Gasteiger partial charge in [0.2, 0.25) is 10.0 Å². The Morgan fingerprint density at radius 1 is 1.09 bits per heavy atom. The molecule has 23 heavy (non-hydrogen) atoms. The fraction of sp³-hybridized carbons (Fsp3) is 0.294. The first-order valence-corrected chi connectivity index (χ1v) is 8.93. The summed E-state index contributed by atoms with van der Waals surface area (Å²) in [5.74, 6) is 0.853. The van der Waals surface area contributed by atoms with Crippen molar-refractivity contribution in [1.82, 2.24) is 4.90 Å². The van der Waals surface area contributed by atoms with Gasteiger partial charge in [-0.25, -0.2) is 13.6 Å². The topological polar surface area (TPSA) is 72.6 Å². The second-order valence-electron chi connectivity index (χ2n) is 5.43. The van der Waals surface area contributed by atoms with Gasteiger partial charge in [-0.1, -0.05) is 30.3 Å². The van der Waals surface area contributed by atoms with E-state index in [-0.39, 0.29) is 10.9 Å². The number of primary sulfonamides is 1. The molecule has 0 radical (unpaired) electrons. The Labute approximate surface area is 137 Å². The first-order valence-electron chi connectivity index (χ1n) is 7.39. The van der Waals surface area contributed by atoms with Crippen molar-refractivity contribution in [3.63, 3.8) is 0 Å². The van der Waals surface area contributed by atoms with Gasteiger partial charge in [0.25, 0.3) is 0 Å². The van der Waals surface area contributed by atoms with E-state index >= 15 is 0 Å². The van der Waals surface area contributed by atoms with Crippen LogP contribution in [0.4, 0.5) is 0 Å². The lowest BCUT2D eigenvalue weighted by Crippen LogP contribution is -2.27. The monoisotopic (exact) mass is 334 g/mol. The summed E-state index contributed by atoms with van der Waals surface area (Å²) >= 11 is 0. The predicted molar refractivity (Wildman–Crippen MR) is 90.8 cm³/mol. The SMILES string of the molecule is C[C@@H](c1ccc(S(N)(=O)=O)cc1)N(C)CCOc1ccccc1. The Hall–Kier alpha value is -1.89. The van der Waals surface area contributed by atoms with Crippen molar-refractivity contribution in [2.24, 2.45) is 5.14 Å². The van der Waals surface area contributed by atoms with Gasteiger partial charge in [0, 0.05) is 12.6 Å². The summed E-state index contributed by atoms with van der Waals surface area (Å²) < 4.78 is 28.2. The van der Waals surface area contributed by atoms with Crippen LogP contribution < -0.4 is 9.88 Å². The summed E-state index contributed by atoms with van der Waals surface area (Å²) in [6.45, 7) is 3.40. The van der Waals surface area contributed by atoms with E-state index in [1.54, 1.807) is 12.1 Å². The Kier molecular flexibility index (Phi) is 5.76. The van der Waals surface area contributed by atoms with Gasteiger partial charge in [0.15, 0.2) is 0 Å². The predicted octanol–water partition coefficient (Wildman–Crippen LogP) is 2.41. The van der Waals surface area contributed by atoms with Crippen LogP contribution >= 0.6 is 0 Å². The summed E-state index contributed by atoms with van der Waals surface area (Å²) in [7, 11) is -1.64. The fourth-order valence-corrected chi connectivity index (χ4v) is 2.72. The highest BCUT2D eigenvalue weighted by atomic mass is 32.2. The highest BCUT2D eigenvalue weighted by molar-refractivity contribution is 7.89. The maximum atomic E-state index is 11.3. The molecule has 6 heteroatoms. The van der Waals surface area contributed by atoms with Crippen molar-refractivity contribution < 1.29 is 13.2 Å². The van der Waals surface area contributed by atoms with E-state index in [9.17, 15) is 8.42 Å². The van der Waals surface area contributed by atoms with Gasteiger partial charge in [-0.15, -0.1) is 0 Å². The lowest BCUT2D eigenvalue weighted by molar-refractivity contribution is 0.201. The van der Waals surface area contributed by atoms with Crippen LogP contribution in [0.1, 0.15) is 18.5 Å². The van der Waals surface area contributed by atoms with Gasteiger partial charge < -0.3 is 4.74 Å². The normalized spacial score (nSPS) is 13.0. The molecule has 2 rings (SSSR count). The zero-order chi connectivity index (χ0) is 16.9. The van der Waals surface area contributed by atoms with Gasteiger partial charge in [-0.05, 0) is 43.8 Å². The third kappa shape index (κ3) is 5.06. The molecule has 2 N–H and O–H groups in total. The van der Waals surface area contributed by atoms with Crippen molar-refractivity contribution in [2.45, 2.75) is 17.9 Å². The Balaban J connectivity index is 1.90. The van der Waals surface area contributed by atoms with Crippen LogP contribution in [0, 0.1) is 0 Å². The number of rotatable bonds is 7. The first-order chi connectivity index (χ1) is 10.9. The summed E-state index contributed by atoms with van der Waals surface area (Å²) in [6, 6.07) is 16.5. The molecule has 0 unspecified atom stereocenters. The molecule has 1 atom stereocenters. The Morgan fingerprint density at radius 3 is 2.26 bits per heavy atom. The molecule has 0 aromatic heterocycles. The molecular weight excluding hydrogens is 312 g/mol. The number of para-hydroxylation sites is 1. The van der Waals surface area contributed by atoms with E-state index in [1.807, 2.05) is 37.4 Å². The van der Waals surface area contributed by atoms with E-state index < -0.39 is 10.0 Å². The molecule has 0 saturated heterocycles. The van der Waals surface area contributed by atoms with Crippen LogP contribution in [0.2, 0.25) is 0 Å². The molecule has 0 heterocycles. The van der Waals surface area contributed by atoms with Crippen LogP contribution in [0.3, 0.4) is 0 Å². The average molecular weight is 334 g/mol. The quantitative estimate of drug-likeness (QED) is 0.844. The first kappa shape index (κ1) is 17.5. The number of hydrogen-bond donors (Lipinski definition) is 1. The van der Waals surface area contributed by atoms with Crippen LogP contribution in [-0.4, -0.2) is 33.5 Å². The van der Waals surface area contributed by atoms with E-state index in [0.717, 1.165) is 17.9 Å². The minimum Gasteiger partial charge on any atom is -0.492 e. The maximum Gasteiger partial charge on any atom is 0.238 e. The molecule has 0 aliphatic heterocycles. The standard InChI is InChI=1S/C17H22N2O3S/c1-14(15-8-10-17(11-9-15)23(18,20)21)19(2)12-13-22-16-6-4-3-5-7-16/h3-11,14H,12-13H2,1-2H3,(H2,18,20,21)/t14-/m0/s1. The van der Waals surface area contributed by atoms with Crippen LogP contribution in [0.25, 0.3) is 0 Å². The number of sulfonamides is 1. The number of hydrogen-bond acceptors (Lipinski definition) is 4. The third-order valence-electron chi connectivity index (χ3n) is 3.81. The van der Waals surface area contributed by atoms with Crippen molar-refractivity contribution in [3.8, 4) is 5.75 Å². The van der Waals surface area contributed by atoms with Crippen LogP contribution in [0.5, 0.6) is 5.75 Å². The van der Waals surface area contributed by atoms with Crippen LogP contribution in [-0.2, 0) is 10.0 Å². The number of ether oxygens (including phenoxy) is 1. The average Bonchev–Trinajstić information content (AvgIpc) is 2.54. The van der Waals surface area contributed by atoms with E-state index in [4.69, 9.17) is 9.88 Å². The van der Waals surface area contributed by atoms with E-state index in [1.165, 1.54) is 12.1 Å². The third-order valence-corrected chi connectivity index (χ3v) is 4.74. The molecule has 2 aromatic rings. The number of nitrogens with two attached hydrogens (primary N) is 1. The maximum absolute atomic E-state index is 11.3. The van der Waals surface area contributed by atoms with Crippen molar-refractivity contribution in [1.29, 1.82) is 0 Å². The lowest BCUT2D eigenvalue weighted by atomic mass is 10.1. The van der Waals surface area contributed by atoms with Crippen molar-refractivity contribution >= 4 is 10.0 Å². The molecular formula is C17H22N2O3S. The smallest absolute Gasteiger partial charge is 0.238 e. The van der Waals surface area contributed by atoms with Gasteiger partial charge in [-0.2, -0.15) is 0 Å². The fourth-order valence-electron chi connectivity index (χ4n) is 2.21. The highest BCUT2D eigenvalue weighted by Gasteiger charge is 2.13. The summed E-state index contributed by atoms with van der Waals surface area (Å²) in [6.07, 6.45) is 0. The van der Waals surface area contributed by atoms with E-state index in [0.29, 0.717) is 6.61 Å². The molecule has 0 aliphatic rings. The summed E-state index contributed by atoms with van der Waals surface area (Å²) in [5, 5.41) is 5.11. The van der Waals surface area contributed by atoms with Crippen molar-refractivity contribution in [2.75, 3.05) is 20.2 Å². The number of nitrogens with zero attached hydrogens (tertiary/aromatic N) is 1. The molecule has 0 aliphatic carbocycles. The summed E-state index contributed by atoms with van der Waals surface area (Å²) in [4.78, 5) is 2.28. The molecule has 2 aromatic carbocycles. The minimum atomic E-state index is -3.64. The van der Waals surface area contributed by atoms with Crippen molar-refractivity contribution in [3.05, 3.63) is 60.2 Å². The van der Waals surface area contributed by atoms with Crippen LogP contribution in [0.15, 0.2) is 59.5 Å². The van der Waals surface area contributed by atoms with Gasteiger partial charge in [0.1, 0.15) is 12.4 Å². The molecule has 0 bridgehead atoms. The number of likely N-dealkylation sites (N-methyl/N-ethyl adjacent to an activating group) is 1. The zero-order valence-electron chi connectivity index (χ0n) is 13.3. The van der Waals surface area contributed by atoms with Gasteiger partial charge >= 0.3 is 0 Å².